The minimum atomic E-state index is -0.424. The van der Waals surface area contributed by atoms with Crippen molar-refractivity contribution in [2.75, 3.05) is 20.7 Å². The first-order valence-electron chi connectivity index (χ1n) is 9.88. The summed E-state index contributed by atoms with van der Waals surface area (Å²) in [4.78, 5) is 32.0. The Labute approximate surface area is 169 Å². The number of carbonyl (C=O) groups is 2. The molecule has 0 spiro atoms. The number of likely N-dealkylation sites (N-methyl/N-ethyl adjacent to an activating group) is 1. The number of likely N-dealkylation sites (tertiary alicyclic amines) is 1. The molecule has 1 aromatic heterocycles. The Bertz CT molecular complexity index is 1110. The fourth-order valence-electron chi connectivity index (χ4n) is 4.74. The average molecular weight is 389 g/mol. The van der Waals surface area contributed by atoms with Gasteiger partial charge in [-0.2, -0.15) is 0 Å². The van der Waals surface area contributed by atoms with Crippen molar-refractivity contribution in [2.24, 2.45) is 0 Å². The van der Waals surface area contributed by atoms with E-state index in [9.17, 15) is 9.59 Å². The Morgan fingerprint density at radius 3 is 2.59 bits per heavy atom. The van der Waals surface area contributed by atoms with E-state index in [2.05, 4.69) is 28.1 Å². The molecule has 2 atom stereocenters. The molecule has 2 aromatic carbocycles. The molecule has 2 aliphatic heterocycles. The summed E-state index contributed by atoms with van der Waals surface area (Å²) in [5, 5.41) is 1.16. The molecule has 0 aliphatic carbocycles. The number of benzene rings is 2. The maximum atomic E-state index is 12.8. The Balaban J connectivity index is 1.66. The van der Waals surface area contributed by atoms with E-state index in [0.717, 1.165) is 34.3 Å². The highest BCUT2D eigenvalue weighted by atomic mass is 16.5. The van der Waals surface area contributed by atoms with Crippen LogP contribution in [0.2, 0.25) is 0 Å². The van der Waals surface area contributed by atoms with Crippen molar-refractivity contribution in [1.29, 1.82) is 0 Å². The molecule has 29 heavy (non-hydrogen) atoms. The average Bonchev–Trinajstić information content (AvgIpc) is 3.25. The predicted molar refractivity (Wildman–Crippen MR) is 110 cm³/mol. The lowest BCUT2D eigenvalue weighted by Crippen LogP contribution is -2.46. The van der Waals surface area contributed by atoms with Crippen LogP contribution >= 0.6 is 0 Å². The second kappa shape index (κ2) is 6.74. The standard InChI is InChI=1S/C23H23N3O3/c1-25-20(27)13-19(23(25)28)26-11-10-16-17-12-15(29-2)8-9-18(17)24-21(16)22(26)14-6-4-3-5-7-14/h3-9,12,19,22,24H,10-11,13H2,1-2H3/t19-,22+/m0/s1. The first-order valence-corrected chi connectivity index (χ1v) is 9.88. The van der Waals surface area contributed by atoms with Gasteiger partial charge in [-0.05, 0) is 35.7 Å². The van der Waals surface area contributed by atoms with Gasteiger partial charge in [-0.1, -0.05) is 30.3 Å². The Hall–Kier alpha value is -3.12. The van der Waals surface area contributed by atoms with Crippen LogP contribution in [-0.2, 0) is 16.0 Å². The molecule has 148 valence electrons. The van der Waals surface area contributed by atoms with Crippen LogP contribution in [0.3, 0.4) is 0 Å². The highest BCUT2D eigenvalue weighted by Crippen LogP contribution is 2.41. The quantitative estimate of drug-likeness (QED) is 0.700. The van der Waals surface area contributed by atoms with Crippen LogP contribution in [0.4, 0.5) is 0 Å². The van der Waals surface area contributed by atoms with E-state index in [1.807, 2.05) is 30.3 Å². The Kier molecular flexibility index (Phi) is 4.17. The zero-order chi connectivity index (χ0) is 20.1. The van der Waals surface area contributed by atoms with Crippen LogP contribution in [-0.4, -0.2) is 53.3 Å². The molecule has 2 amide bonds. The molecular weight excluding hydrogens is 366 g/mol. The van der Waals surface area contributed by atoms with E-state index < -0.39 is 6.04 Å². The van der Waals surface area contributed by atoms with Gasteiger partial charge in [0.2, 0.25) is 11.8 Å². The summed E-state index contributed by atoms with van der Waals surface area (Å²) in [5.74, 6) is 0.604. The number of aromatic nitrogens is 1. The summed E-state index contributed by atoms with van der Waals surface area (Å²) in [7, 11) is 3.25. The molecule has 0 radical (unpaired) electrons. The molecule has 1 saturated heterocycles. The smallest absolute Gasteiger partial charge is 0.246 e. The first-order chi connectivity index (χ1) is 14.1. The molecular formula is C23H23N3O3. The number of nitrogens with one attached hydrogen (secondary N) is 1. The SMILES string of the molecule is COc1ccc2[nH]c3c(c2c1)CCN([C@H]1CC(=O)N(C)C1=O)[C@@H]3c1ccccc1. The van der Waals surface area contributed by atoms with Crippen molar-refractivity contribution < 1.29 is 14.3 Å². The number of nitrogens with zero attached hydrogens (tertiary/aromatic N) is 2. The molecule has 2 aliphatic rings. The summed E-state index contributed by atoms with van der Waals surface area (Å²) < 4.78 is 5.42. The van der Waals surface area contributed by atoms with Crippen LogP contribution in [0.15, 0.2) is 48.5 Å². The van der Waals surface area contributed by atoms with Crippen LogP contribution in [0, 0.1) is 0 Å². The van der Waals surface area contributed by atoms with Gasteiger partial charge in [0.15, 0.2) is 0 Å². The fourth-order valence-corrected chi connectivity index (χ4v) is 4.74. The van der Waals surface area contributed by atoms with Gasteiger partial charge in [-0.15, -0.1) is 0 Å². The second-order valence-corrected chi connectivity index (χ2v) is 7.74. The monoisotopic (exact) mass is 389 g/mol. The molecule has 5 rings (SSSR count). The lowest BCUT2D eigenvalue weighted by molar-refractivity contribution is -0.138. The zero-order valence-electron chi connectivity index (χ0n) is 16.5. The van der Waals surface area contributed by atoms with Crippen molar-refractivity contribution in [3.05, 3.63) is 65.4 Å². The summed E-state index contributed by atoms with van der Waals surface area (Å²) >= 11 is 0. The number of ether oxygens (including phenoxy) is 1. The summed E-state index contributed by atoms with van der Waals surface area (Å²) in [6, 6.07) is 15.7. The number of rotatable bonds is 3. The molecule has 1 fully saturated rings. The van der Waals surface area contributed by atoms with Crippen molar-refractivity contribution in [1.82, 2.24) is 14.8 Å². The van der Waals surface area contributed by atoms with Gasteiger partial charge in [0.1, 0.15) is 5.75 Å². The zero-order valence-corrected chi connectivity index (χ0v) is 16.5. The number of hydrogen-bond acceptors (Lipinski definition) is 4. The third-order valence-electron chi connectivity index (χ3n) is 6.24. The number of H-pyrrole nitrogens is 1. The van der Waals surface area contributed by atoms with Gasteiger partial charge in [-0.25, -0.2) is 0 Å². The number of imide groups is 1. The van der Waals surface area contributed by atoms with Crippen molar-refractivity contribution in [3.63, 3.8) is 0 Å². The molecule has 0 bridgehead atoms. The Morgan fingerprint density at radius 1 is 1.10 bits per heavy atom. The predicted octanol–water partition coefficient (Wildman–Crippen LogP) is 2.88. The number of amides is 2. The second-order valence-electron chi connectivity index (χ2n) is 7.74. The van der Waals surface area contributed by atoms with E-state index in [1.165, 1.54) is 10.5 Å². The maximum absolute atomic E-state index is 12.8. The third-order valence-corrected chi connectivity index (χ3v) is 6.24. The van der Waals surface area contributed by atoms with Gasteiger partial charge in [0.05, 0.1) is 25.6 Å². The highest BCUT2D eigenvalue weighted by molar-refractivity contribution is 6.05. The summed E-state index contributed by atoms with van der Waals surface area (Å²) in [5.41, 5.74) is 4.53. The van der Waals surface area contributed by atoms with Crippen LogP contribution in [0.1, 0.15) is 29.3 Å². The fraction of sp³-hybridized carbons (Fsp3) is 0.304. The van der Waals surface area contributed by atoms with Gasteiger partial charge in [-0.3, -0.25) is 19.4 Å². The number of methoxy groups -OCH3 is 1. The number of carbonyl (C=O) groups excluding carboxylic acids is 2. The van der Waals surface area contributed by atoms with E-state index in [0.29, 0.717) is 6.54 Å². The molecule has 6 heteroatoms. The molecule has 3 heterocycles. The van der Waals surface area contributed by atoms with E-state index >= 15 is 0 Å². The summed E-state index contributed by atoms with van der Waals surface area (Å²) in [6.07, 6.45) is 1.05. The Morgan fingerprint density at radius 2 is 1.90 bits per heavy atom. The largest absolute Gasteiger partial charge is 0.497 e. The van der Waals surface area contributed by atoms with Crippen LogP contribution < -0.4 is 4.74 Å². The first kappa shape index (κ1) is 17.9. The molecule has 1 N–H and O–H groups in total. The van der Waals surface area contributed by atoms with Crippen LogP contribution in [0.25, 0.3) is 10.9 Å². The van der Waals surface area contributed by atoms with Crippen molar-refractivity contribution >= 4 is 22.7 Å². The van der Waals surface area contributed by atoms with Gasteiger partial charge < -0.3 is 9.72 Å². The third kappa shape index (κ3) is 2.75. The number of hydrogen-bond donors (Lipinski definition) is 1. The van der Waals surface area contributed by atoms with E-state index in [-0.39, 0.29) is 24.3 Å². The van der Waals surface area contributed by atoms with Gasteiger partial charge in [0.25, 0.3) is 0 Å². The highest BCUT2D eigenvalue weighted by Gasteiger charge is 2.45. The van der Waals surface area contributed by atoms with E-state index in [1.54, 1.807) is 14.2 Å². The summed E-state index contributed by atoms with van der Waals surface area (Å²) in [6.45, 7) is 0.717. The minimum absolute atomic E-state index is 0.105. The lowest BCUT2D eigenvalue weighted by atomic mass is 9.90. The van der Waals surface area contributed by atoms with Gasteiger partial charge in [0, 0.05) is 30.2 Å². The lowest BCUT2D eigenvalue weighted by Gasteiger charge is -2.39. The van der Waals surface area contributed by atoms with Gasteiger partial charge >= 0.3 is 0 Å². The maximum Gasteiger partial charge on any atom is 0.246 e. The molecule has 0 unspecified atom stereocenters. The minimum Gasteiger partial charge on any atom is -0.497 e. The molecule has 3 aromatic rings. The van der Waals surface area contributed by atoms with E-state index in [4.69, 9.17) is 4.74 Å². The normalized spacial score (nSPS) is 22.3. The number of fused-ring (bicyclic) bond motifs is 3. The number of aromatic amines is 1. The van der Waals surface area contributed by atoms with Crippen molar-refractivity contribution in [2.45, 2.75) is 24.9 Å². The topological polar surface area (TPSA) is 65.6 Å². The van der Waals surface area contributed by atoms with Crippen molar-refractivity contribution in [3.8, 4) is 5.75 Å². The molecule has 0 saturated carbocycles. The molecule has 6 nitrogen and oxygen atoms in total. The van der Waals surface area contributed by atoms with Crippen LogP contribution in [0.5, 0.6) is 5.75 Å².